The number of unbranched alkanes of at least 4 members (excludes halogenated alkanes) is 9. The number of aryl methyl sites for hydroxylation is 1. The largest absolute Gasteiger partial charge is 0.493 e. The van der Waals surface area contributed by atoms with Gasteiger partial charge in [0.05, 0.1) is 18.0 Å². The van der Waals surface area contributed by atoms with E-state index in [4.69, 9.17) is 4.74 Å². The van der Waals surface area contributed by atoms with Crippen LogP contribution in [-0.4, -0.2) is 16.8 Å². The molecular formula is C25H38N2O. The normalized spacial score (nSPS) is 10.9. The highest BCUT2D eigenvalue weighted by Crippen LogP contribution is 2.28. The minimum Gasteiger partial charge on any atom is -0.493 e. The third kappa shape index (κ3) is 8.41. The van der Waals surface area contributed by atoms with E-state index in [1.165, 1.54) is 64.2 Å². The summed E-state index contributed by atoms with van der Waals surface area (Å²) in [7, 11) is 0. The van der Waals surface area contributed by atoms with E-state index in [2.05, 4.69) is 42.2 Å². The average Bonchev–Trinajstić information content (AvgIpc) is 2.74. The van der Waals surface area contributed by atoms with E-state index in [0.29, 0.717) is 0 Å². The molecule has 0 fully saturated rings. The Labute approximate surface area is 171 Å². The van der Waals surface area contributed by atoms with E-state index in [1.807, 2.05) is 18.2 Å². The Bertz CT molecular complexity index is 639. The second kappa shape index (κ2) is 14.1. The van der Waals surface area contributed by atoms with Crippen molar-refractivity contribution in [1.29, 1.82) is 0 Å². The number of rotatable bonds is 15. The first-order chi connectivity index (χ1) is 13.8. The van der Waals surface area contributed by atoms with E-state index in [0.717, 1.165) is 42.1 Å². The highest BCUT2D eigenvalue weighted by atomic mass is 16.5. The van der Waals surface area contributed by atoms with Gasteiger partial charge >= 0.3 is 0 Å². The fraction of sp³-hybridized carbons (Fsp3) is 0.600. The molecule has 0 N–H and O–H groups in total. The maximum absolute atomic E-state index is 6.06. The molecule has 0 aliphatic heterocycles. The van der Waals surface area contributed by atoms with Gasteiger partial charge in [-0.1, -0.05) is 83.8 Å². The van der Waals surface area contributed by atoms with Crippen LogP contribution >= 0.6 is 0 Å². The first-order valence-electron chi connectivity index (χ1n) is 11.4. The molecule has 0 aliphatic carbocycles. The fourth-order valence-electron chi connectivity index (χ4n) is 3.42. The van der Waals surface area contributed by atoms with E-state index in [1.54, 1.807) is 0 Å². The third-order valence-corrected chi connectivity index (χ3v) is 5.17. The number of ether oxygens (including phenoxy) is 1. The predicted molar refractivity (Wildman–Crippen MR) is 119 cm³/mol. The van der Waals surface area contributed by atoms with Crippen molar-refractivity contribution in [2.45, 2.75) is 90.9 Å². The van der Waals surface area contributed by atoms with Gasteiger partial charge in [-0.25, -0.2) is 0 Å². The molecule has 0 unspecified atom stereocenters. The van der Waals surface area contributed by atoms with Crippen molar-refractivity contribution in [2.75, 3.05) is 6.61 Å². The minimum atomic E-state index is 0.770. The van der Waals surface area contributed by atoms with Gasteiger partial charge in [-0.3, -0.25) is 0 Å². The molecule has 1 heterocycles. The Morgan fingerprint density at radius 3 is 2.07 bits per heavy atom. The maximum atomic E-state index is 6.06. The van der Waals surface area contributed by atoms with Gasteiger partial charge in [0.15, 0.2) is 0 Å². The average molecular weight is 383 g/mol. The second-order valence-corrected chi connectivity index (χ2v) is 7.69. The number of nitrogens with zero attached hydrogens (tertiary/aromatic N) is 2. The Morgan fingerprint density at radius 1 is 0.679 bits per heavy atom. The summed E-state index contributed by atoms with van der Waals surface area (Å²) >= 11 is 0. The van der Waals surface area contributed by atoms with Gasteiger partial charge in [-0.15, -0.1) is 0 Å². The Kier molecular flexibility index (Phi) is 11.3. The summed E-state index contributed by atoms with van der Waals surface area (Å²) < 4.78 is 6.06. The molecule has 3 heteroatoms. The summed E-state index contributed by atoms with van der Waals surface area (Å²) in [6, 6.07) is 12.4. The number of para-hydroxylation sites is 1. The Balaban J connectivity index is 1.82. The van der Waals surface area contributed by atoms with Crippen LogP contribution in [0.15, 0.2) is 36.4 Å². The minimum absolute atomic E-state index is 0.770. The SMILES string of the molecule is CCCCCCCCOc1ccccc1-c1ccc(CCCCCCC)nn1. The van der Waals surface area contributed by atoms with Gasteiger partial charge in [0.1, 0.15) is 5.75 Å². The van der Waals surface area contributed by atoms with Gasteiger partial charge in [-0.2, -0.15) is 10.2 Å². The summed E-state index contributed by atoms with van der Waals surface area (Å²) in [4.78, 5) is 0. The number of benzene rings is 1. The van der Waals surface area contributed by atoms with Crippen LogP contribution < -0.4 is 4.74 Å². The van der Waals surface area contributed by atoms with E-state index in [-0.39, 0.29) is 0 Å². The first kappa shape index (κ1) is 22.4. The van der Waals surface area contributed by atoms with Crippen LogP contribution in [0.25, 0.3) is 11.3 Å². The van der Waals surface area contributed by atoms with Crippen molar-refractivity contribution in [3.05, 3.63) is 42.1 Å². The van der Waals surface area contributed by atoms with Crippen LogP contribution in [0.4, 0.5) is 0 Å². The zero-order valence-corrected chi connectivity index (χ0v) is 18.0. The van der Waals surface area contributed by atoms with Crippen molar-refractivity contribution in [2.24, 2.45) is 0 Å². The molecule has 0 radical (unpaired) electrons. The Morgan fingerprint density at radius 2 is 1.36 bits per heavy atom. The highest BCUT2D eigenvalue weighted by Gasteiger charge is 2.08. The maximum Gasteiger partial charge on any atom is 0.128 e. The molecule has 1 aromatic carbocycles. The first-order valence-corrected chi connectivity index (χ1v) is 11.4. The molecule has 154 valence electrons. The second-order valence-electron chi connectivity index (χ2n) is 7.69. The fourth-order valence-corrected chi connectivity index (χ4v) is 3.42. The smallest absolute Gasteiger partial charge is 0.128 e. The lowest BCUT2D eigenvalue weighted by molar-refractivity contribution is 0.305. The quantitative estimate of drug-likeness (QED) is 0.301. The molecule has 2 aromatic rings. The molecule has 0 saturated heterocycles. The van der Waals surface area contributed by atoms with Gasteiger partial charge in [0, 0.05) is 5.56 Å². The number of hydrogen-bond donors (Lipinski definition) is 0. The Hall–Kier alpha value is -1.90. The van der Waals surface area contributed by atoms with Crippen LogP contribution in [-0.2, 0) is 6.42 Å². The molecule has 0 saturated carbocycles. The van der Waals surface area contributed by atoms with Gasteiger partial charge in [-0.05, 0) is 43.5 Å². The van der Waals surface area contributed by atoms with Crippen molar-refractivity contribution in [3.63, 3.8) is 0 Å². The lowest BCUT2D eigenvalue weighted by Crippen LogP contribution is -2.00. The van der Waals surface area contributed by atoms with Gasteiger partial charge in [0.25, 0.3) is 0 Å². The van der Waals surface area contributed by atoms with Crippen molar-refractivity contribution >= 4 is 0 Å². The molecule has 1 aromatic heterocycles. The van der Waals surface area contributed by atoms with Crippen molar-refractivity contribution < 1.29 is 4.74 Å². The van der Waals surface area contributed by atoms with Crippen molar-refractivity contribution in [3.8, 4) is 17.0 Å². The van der Waals surface area contributed by atoms with E-state index >= 15 is 0 Å². The van der Waals surface area contributed by atoms with E-state index < -0.39 is 0 Å². The summed E-state index contributed by atoms with van der Waals surface area (Å²) in [5.41, 5.74) is 3.02. The molecular weight excluding hydrogens is 344 g/mol. The molecule has 3 nitrogen and oxygen atoms in total. The molecule has 28 heavy (non-hydrogen) atoms. The van der Waals surface area contributed by atoms with Crippen LogP contribution in [0, 0.1) is 0 Å². The number of aromatic nitrogens is 2. The molecule has 0 bridgehead atoms. The predicted octanol–water partition coefficient (Wildman–Crippen LogP) is 7.40. The van der Waals surface area contributed by atoms with Crippen LogP contribution in [0.2, 0.25) is 0 Å². The van der Waals surface area contributed by atoms with Crippen LogP contribution in [0.1, 0.15) is 90.2 Å². The topological polar surface area (TPSA) is 35.0 Å². The zero-order valence-electron chi connectivity index (χ0n) is 18.0. The van der Waals surface area contributed by atoms with Gasteiger partial charge in [0.2, 0.25) is 0 Å². The third-order valence-electron chi connectivity index (χ3n) is 5.17. The molecule has 0 aliphatic rings. The van der Waals surface area contributed by atoms with Crippen molar-refractivity contribution in [1.82, 2.24) is 10.2 Å². The molecule has 0 amide bonds. The lowest BCUT2D eigenvalue weighted by atomic mass is 10.1. The van der Waals surface area contributed by atoms with Crippen LogP contribution in [0.3, 0.4) is 0 Å². The standard InChI is InChI=1S/C25H38N2O/c1-3-5-7-9-11-15-21-28-25-18-14-13-17-23(25)24-20-19-22(26-27-24)16-12-10-8-6-4-2/h13-14,17-20H,3-12,15-16,21H2,1-2H3. The van der Waals surface area contributed by atoms with Gasteiger partial charge < -0.3 is 4.74 Å². The monoisotopic (exact) mass is 382 g/mol. The summed E-state index contributed by atoms with van der Waals surface area (Å²) in [5, 5.41) is 8.92. The lowest BCUT2D eigenvalue weighted by Gasteiger charge is -2.11. The highest BCUT2D eigenvalue weighted by molar-refractivity contribution is 5.66. The molecule has 2 rings (SSSR count). The number of hydrogen-bond acceptors (Lipinski definition) is 3. The summed E-state index contributed by atoms with van der Waals surface area (Å²) in [5.74, 6) is 0.915. The molecule has 0 atom stereocenters. The zero-order chi connectivity index (χ0) is 19.9. The summed E-state index contributed by atoms with van der Waals surface area (Å²) in [6.07, 6.45) is 15.1. The van der Waals surface area contributed by atoms with E-state index in [9.17, 15) is 0 Å². The molecule has 0 spiro atoms. The summed E-state index contributed by atoms with van der Waals surface area (Å²) in [6.45, 7) is 5.27. The van der Waals surface area contributed by atoms with Crippen LogP contribution in [0.5, 0.6) is 5.75 Å².